The van der Waals surface area contributed by atoms with Crippen LogP contribution in [0.25, 0.3) is 6.08 Å². The van der Waals surface area contributed by atoms with Gasteiger partial charge in [0.1, 0.15) is 11.5 Å². The lowest BCUT2D eigenvalue weighted by Gasteiger charge is -2.39. The quantitative estimate of drug-likeness (QED) is 0.583. The second-order valence-corrected chi connectivity index (χ2v) is 10.2. The van der Waals surface area contributed by atoms with Crippen LogP contribution in [-0.4, -0.2) is 43.9 Å². The SMILES string of the molecule is COc1ccc(CCNC(=O)C2CCC3S/C(=C\c4cccc(C)c4)C(=O)NC3C2)c(OC)c1. The summed E-state index contributed by atoms with van der Waals surface area (Å²) in [6.07, 6.45) is 5.07. The van der Waals surface area contributed by atoms with Gasteiger partial charge in [-0.05, 0) is 55.9 Å². The van der Waals surface area contributed by atoms with Crippen molar-refractivity contribution >= 4 is 29.7 Å². The average molecular weight is 481 g/mol. The number of benzene rings is 2. The largest absolute Gasteiger partial charge is 0.497 e. The summed E-state index contributed by atoms with van der Waals surface area (Å²) in [4.78, 5) is 26.3. The van der Waals surface area contributed by atoms with Crippen LogP contribution in [0.15, 0.2) is 47.4 Å². The Balaban J connectivity index is 1.30. The Morgan fingerprint density at radius 2 is 2.03 bits per heavy atom. The minimum absolute atomic E-state index is 0.0262. The molecule has 2 aliphatic rings. The van der Waals surface area contributed by atoms with Gasteiger partial charge in [0.25, 0.3) is 5.91 Å². The fourth-order valence-electron chi connectivity index (χ4n) is 4.66. The number of thioether (sulfide) groups is 1. The summed E-state index contributed by atoms with van der Waals surface area (Å²) >= 11 is 1.65. The van der Waals surface area contributed by atoms with Crippen molar-refractivity contribution in [3.8, 4) is 11.5 Å². The van der Waals surface area contributed by atoms with E-state index in [1.165, 1.54) is 5.56 Å². The van der Waals surface area contributed by atoms with Crippen molar-refractivity contribution in [2.45, 2.75) is 43.9 Å². The van der Waals surface area contributed by atoms with Crippen molar-refractivity contribution < 1.29 is 19.1 Å². The molecule has 3 unspecified atom stereocenters. The van der Waals surface area contributed by atoms with Crippen LogP contribution >= 0.6 is 11.8 Å². The van der Waals surface area contributed by atoms with Gasteiger partial charge in [0.05, 0.1) is 19.1 Å². The van der Waals surface area contributed by atoms with Crippen LogP contribution in [0.2, 0.25) is 0 Å². The molecule has 1 aliphatic heterocycles. The zero-order valence-corrected chi connectivity index (χ0v) is 20.7. The average Bonchev–Trinajstić information content (AvgIpc) is 2.84. The number of nitrogens with one attached hydrogen (secondary N) is 2. The molecule has 2 aromatic rings. The fraction of sp³-hybridized carbons (Fsp3) is 0.407. The highest BCUT2D eigenvalue weighted by Gasteiger charge is 2.39. The van der Waals surface area contributed by atoms with Gasteiger partial charge in [-0.25, -0.2) is 0 Å². The van der Waals surface area contributed by atoms with Crippen LogP contribution in [0.1, 0.15) is 36.0 Å². The van der Waals surface area contributed by atoms with Gasteiger partial charge >= 0.3 is 0 Å². The van der Waals surface area contributed by atoms with E-state index in [-0.39, 0.29) is 23.8 Å². The third-order valence-corrected chi connectivity index (χ3v) is 7.93. The Hall–Kier alpha value is -2.93. The molecule has 1 heterocycles. The van der Waals surface area contributed by atoms with Gasteiger partial charge in [0.15, 0.2) is 0 Å². The van der Waals surface area contributed by atoms with Crippen molar-refractivity contribution in [2.24, 2.45) is 5.92 Å². The molecular weight excluding hydrogens is 448 g/mol. The highest BCUT2D eigenvalue weighted by Crippen LogP contribution is 2.40. The first-order valence-electron chi connectivity index (χ1n) is 11.7. The van der Waals surface area contributed by atoms with Crippen molar-refractivity contribution in [1.29, 1.82) is 0 Å². The second-order valence-electron chi connectivity index (χ2n) is 8.89. The second kappa shape index (κ2) is 11.0. The molecule has 2 amide bonds. The summed E-state index contributed by atoms with van der Waals surface area (Å²) in [5.74, 6) is 1.44. The third kappa shape index (κ3) is 5.76. The minimum atomic E-state index is -0.0813. The Morgan fingerprint density at radius 1 is 1.18 bits per heavy atom. The van der Waals surface area contributed by atoms with Crippen LogP contribution in [-0.2, 0) is 16.0 Å². The third-order valence-electron chi connectivity index (χ3n) is 6.50. The lowest BCUT2D eigenvalue weighted by atomic mass is 9.84. The molecule has 0 radical (unpaired) electrons. The number of rotatable bonds is 7. The standard InChI is InChI=1S/C27H32N2O4S/c1-17-5-4-6-18(13-17)14-25-27(31)29-22-15-20(8-10-24(22)34-25)26(30)28-12-11-19-7-9-21(32-2)16-23(19)33-3/h4-7,9,13-14,16,20,22,24H,8,10-12,15H2,1-3H3,(H,28,30)(H,29,31)/b25-14-. The molecule has 180 valence electrons. The molecule has 2 N–H and O–H groups in total. The predicted molar refractivity (Wildman–Crippen MR) is 136 cm³/mol. The first-order chi connectivity index (χ1) is 16.5. The van der Waals surface area contributed by atoms with E-state index >= 15 is 0 Å². The molecule has 0 spiro atoms. The molecule has 6 nitrogen and oxygen atoms in total. The molecule has 3 atom stereocenters. The summed E-state index contributed by atoms with van der Waals surface area (Å²) in [5.41, 5.74) is 3.24. The summed E-state index contributed by atoms with van der Waals surface area (Å²) in [7, 11) is 3.26. The highest BCUT2D eigenvalue weighted by molar-refractivity contribution is 8.04. The van der Waals surface area contributed by atoms with E-state index in [1.807, 2.05) is 49.4 Å². The molecule has 1 aliphatic carbocycles. The molecular formula is C27H32N2O4S. The minimum Gasteiger partial charge on any atom is -0.497 e. The van der Waals surface area contributed by atoms with E-state index in [2.05, 4.69) is 16.7 Å². The summed E-state index contributed by atoms with van der Waals surface area (Å²) in [5, 5.41) is 6.54. The number of amides is 2. The molecule has 2 fully saturated rings. The number of carbonyl (C=O) groups excluding carboxylic acids is 2. The van der Waals surface area contributed by atoms with Crippen LogP contribution in [0.5, 0.6) is 11.5 Å². The van der Waals surface area contributed by atoms with Crippen LogP contribution < -0.4 is 20.1 Å². The maximum absolute atomic E-state index is 12.8. The molecule has 34 heavy (non-hydrogen) atoms. The number of carbonyl (C=O) groups is 2. The van der Waals surface area contributed by atoms with Gasteiger partial charge < -0.3 is 20.1 Å². The predicted octanol–water partition coefficient (Wildman–Crippen LogP) is 4.11. The highest BCUT2D eigenvalue weighted by atomic mass is 32.2. The fourth-order valence-corrected chi connectivity index (χ4v) is 5.96. The Labute approximate surface area is 205 Å². The van der Waals surface area contributed by atoms with Gasteiger partial charge in [0.2, 0.25) is 5.91 Å². The molecule has 7 heteroatoms. The number of fused-ring (bicyclic) bond motifs is 1. The molecule has 1 saturated carbocycles. The zero-order chi connectivity index (χ0) is 24.1. The summed E-state index contributed by atoms with van der Waals surface area (Å²) in [6, 6.07) is 13.9. The van der Waals surface area contributed by atoms with Gasteiger partial charge in [-0.1, -0.05) is 35.9 Å². The van der Waals surface area contributed by atoms with Gasteiger partial charge in [-0.2, -0.15) is 0 Å². The zero-order valence-electron chi connectivity index (χ0n) is 19.9. The van der Waals surface area contributed by atoms with Crippen molar-refractivity contribution in [2.75, 3.05) is 20.8 Å². The maximum atomic E-state index is 12.8. The normalized spacial score (nSPS) is 23.1. The van der Waals surface area contributed by atoms with E-state index in [9.17, 15) is 9.59 Å². The van der Waals surface area contributed by atoms with Crippen molar-refractivity contribution in [3.05, 3.63) is 64.1 Å². The maximum Gasteiger partial charge on any atom is 0.257 e. The van der Waals surface area contributed by atoms with E-state index in [0.29, 0.717) is 24.6 Å². The van der Waals surface area contributed by atoms with E-state index < -0.39 is 0 Å². The smallest absolute Gasteiger partial charge is 0.257 e. The Morgan fingerprint density at radius 3 is 2.79 bits per heavy atom. The molecule has 4 rings (SSSR count). The Kier molecular flexibility index (Phi) is 7.83. The molecule has 2 aromatic carbocycles. The van der Waals surface area contributed by atoms with Crippen molar-refractivity contribution in [1.82, 2.24) is 10.6 Å². The topological polar surface area (TPSA) is 76.7 Å². The lowest BCUT2D eigenvalue weighted by molar-refractivity contribution is -0.127. The molecule has 0 bridgehead atoms. The molecule has 1 saturated heterocycles. The Bertz CT molecular complexity index is 1080. The van der Waals surface area contributed by atoms with Crippen LogP contribution in [0.3, 0.4) is 0 Å². The monoisotopic (exact) mass is 480 g/mol. The number of hydrogen-bond acceptors (Lipinski definition) is 5. The van der Waals surface area contributed by atoms with Gasteiger partial charge in [-0.15, -0.1) is 11.8 Å². The van der Waals surface area contributed by atoms with Crippen LogP contribution in [0, 0.1) is 12.8 Å². The first-order valence-corrected chi connectivity index (χ1v) is 12.6. The summed E-state index contributed by atoms with van der Waals surface area (Å²) in [6.45, 7) is 2.59. The van der Waals surface area contributed by atoms with E-state index in [1.54, 1.807) is 26.0 Å². The van der Waals surface area contributed by atoms with E-state index in [0.717, 1.165) is 40.4 Å². The lowest BCUT2D eigenvalue weighted by Crippen LogP contribution is -2.51. The van der Waals surface area contributed by atoms with Gasteiger partial charge in [-0.3, -0.25) is 9.59 Å². The number of ether oxygens (including phenoxy) is 2. The first kappa shape index (κ1) is 24.2. The van der Waals surface area contributed by atoms with E-state index in [4.69, 9.17) is 9.47 Å². The number of methoxy groups -OCH3 is 2. The summed E-state index contributed by atoms with van der Waals surface area (Å²) < 4.78 is 10.7. The number of aryl methyl sites for hydroxylation is 1. The van der Waals surface area contributed by atoms with Crippen molar-refractivity contribution in [3.63, 3.8) is 0 Å². The number of hydrogen-bond donors (Lipinski definition) is 2. The van der Waals surface area contributed by atoms with Gasteiger partial charge in [0, 0.05) is 29.8 Å². The van der Waals surface area contributed by atoms with Crippen LogP contribution in [0.4, 0.5) is 0 Å². The molecule has 0 aromatic heterocycles.